The van der Waals surface area contributed by atoms with E-state index in [1.165, 1.54) is 4.57 Å². The second kappa shape index (κ2) is 5.66. The first-order valence-electron chi connectivity index (χ1n) is 6.30. The Balaban J connectivity index is 2.82. The minimum atomic E-state index is -0.599. The van der Waals surface area contributed by atoms with Crippen LogP contribution in [0.4, 0.5) is 0 Å². The van der Waals surface area contributed by atoms with Gasteiger partial charge in [0, 0.05) is 16.1 Å². The highest BCUT2D eigenvalue weighted by atomic mass is 79.9. The molecule has 0 spiro atoms. The Bertz CT molecular complexity index is 749. The SMILES string of the molecule is CCC(C)n1c(O)c(-c2ccccc2Br)c(=O)[nH]c1=O. The predicted octanol–water partition coefficient (Wildman–Crippen LogP) is 2.64. The Morgan fingerprint density at radius 3 is 2.60 bits per heavy atom. The normalized spacial score (nSPS) is 12.3. The molecule has 2 rings (SSSR count). The van der Waals surface area contributed by atoms with Gasteiger partial charge >= 0.3 is 5.69 Å². The lowest BCUT2D eigenvalue weighted by atomic mass is 10.1. The standard InChI is InChI=1S/C14H15BrN2O3/c1-3-8(2)17-13(19)11(12(18)16-14(17)20)9-6-4-5-7-10(9)15/h4-8,19H,3H2,1-2H3,(H,16,18,20). The molecule has 0 amide bonds. The molecule has 0 aliphatic heterocycles. The van der Waals surface area contributed by atoms with E-state index in [2.05, 4.69) is 20.9 Å². The molecule has 1 atom stereocenters. The number of rotatable bonds is 3. The number of aromatic nitrogens is 2. The highest BCUT2D eigenvalue weighted by Gasteiger charge is 2.19. The minimum Gasteiger partial charge on any atom is -0.494 e. The number of H-pyrrole nitrogens is 1. The van der Waals surface area contributed by atoms with Crippen molar-refractivity contribution in [1.82, 2.24) is 9.55 Å². The summed E-state index contributed by atoms with van der Waals surface area (Å²) in [6, 6.07) is 6.84. The molecule has 1 unspecified atom stereocenters. The van der Waals surface area contributed by atoms with Gasteiger partial charge in [-0.3, -0.25) is 14.3 Å². The van der Waals surface area contributed by atoms with Crippen molar-refractivity contribution in [2.45, 2.75) is 26.3 Å². The fourth-order valence-corrected chi connectivity index (χ4v) is 2.52. The molecular weight excluding hydrogens is 324 g/mol. The van der Waals surface area contributed by atoms with Gasteiger partial charge < -0.3 is 5.11 Å². The molecule has 1 aromatic carbocycles. The highest BCUT2D eigenvalue weighted by Crippen LogP contribution is 2.31. The monoisotopic (exact) mass is 338 g/mol. The molecule has 0 aliphatic carbocycles. The van der Waals surface area contributed by atoms with Crippen LogP contribution in [0.25, 0.3) is 11.1 Å². The molecule has 0 fully saturated rings. The van der Waals surface area contributed by atoms with Gasteiger partial charge in [0.15, 0.2) is 0 Å². The molecule has 2 N–H and O–H groups in total. The van der Waals surface area contributed by atoms with Gasteiger partial charge in [-0.25, -0.2) is 4.79 Å². The largest absolute Gasteiger partial charge is 0.494 e. The van der Waals surface area contributed by atoms with E-state index in [1.54, 1.807) is 18.2 Å². The van der Waals surface area contributed by atoms with Gasteiger partial charge in [0.1, 0.15) is 5.56 Å². The predicted molar refractivity (Wildman–Crippen MR) is 81.1 cm³/mol. The zero-order valence-electron chi connectivity index (χ0n) is 11.2. The topological polar surface area (TPSA) is 75.1 Å². The van der Waals surface area contributed by atoms with Crippen molar-refractivity contribution < 1.29 is 5.11 Å². The molecule has 20 heavy (non-hydrogen) atoms. The van der Waals surface area contributed by atoms with Gasteiger partial charge in [0.05, 0.1) is 0 Å². The van der Waals surface area contributed by atoms with Gasteiger partial charge in [-0.1, -0.05) is 41.1 Å². The molecule has 1 aromatic heterocycles. The highest BCUT2D eigenvalue weighted by molar-refractivity contribution is 9.10. The Morgan fingerprint density at radius 1 is 1.35 bits per heavy atom. The van der Waals surface area contributed by atoms with E-state index in [0.29, 0.717) is 16.5 Å². The summed E-state index contributed by atoms with van der Waals surface area (Å²) < 4.78 is 1.88. The number of aromatic hydroxyl groups is 1. The maximum atomic E-state index is 12.0. The molecule has 0 saturated heterocycles. The molecule has 106 valence electrons. The van der Waals surface area contributed by atoms with Crippen molar-refractivity contribution in [3.05, 3.63) is 49.6 Å². The number of halogens is 1. The van der Waals surface area contributed by atoms with Crippen LogP contribution in [-0.4, -0.2) is 14.7 Å². The van der Waals surface area contributed by atoms with Crippen LogP contribution in [0.5, 0.6) is 5.88 Å². The van der Waals surface area contributed by atoms with Crippen molar-refractivity contribution >= 4 is 15.9 Å². The molecule has 0 saturated carbocycles. The van der Waals surface area contributed by atoms with Gasteiger partial charge in [-0.15, -0.1) is 0 Å². The molecule has 5 nitrogen and oxygen atoms in total. The first-order valence-corrected chi connectivity index (χ1v) is 7.09. The van der Waals surface area contributed by atoms with E-state index in [1.807, 2.05) is 19.9 Å². The van der Waals surface area contributed by atoms with Gasteiger partial charge in [-0.05, 0) is 19.4 Å². The van der Waals surface area contributed by atoms with Crippen LogP contribution >= 0.6 is 15.9 Å². The fourth-order valence-electron chi connectivity index (χ4n) is 2.04. The number of hydrogen-bond donors (Lipinski definition) is 2. The first-order chi connectivity index (χ1) is 9.47. The molecule has 0 radical (unpaired) electrons. The van der Waals surface area contributed by atoms with Crippen molar-refractivity contribution in [1.29, 1.82) is 0 Å². The van der Waals surface area contributed by atoms with E-state index in [9.17, 15) is 14.7 Å². The molecule has 6 heteroatoms. The van der Waals surface area contributed by atoms with Crippen LogP contribution in [0.2, 0.25) is 0 Å². The van der Waals surface area contributed by atoms with Gasteiger partial charge in [0.2, 0.25) is 5.88 Å². The summed E-state index contributed by atoms with van der Waals surface area (Å²) in [4.78, 5) is 26.2. The zero-order chi connectivity index (χ0) is 14.9. The lowest BCUT2D eigenvalue weighted by Gasteiger charge is -2.16. The van der Waals surface area contributed by atoms with E-state index in [4.69, 9.17) is 0 Å². The van der Waals surface area contributed by atoms with Crippen LogP contribution in [0, 0.1) is 0 Å². The third-order valence-corrected chi connectivity index (χ3v) is 3.98. The third kappa shape index (κ3) is 2.43. The van der Waals surface area contributed by atoms with Crippen molar-refractivity contribution in [2.24, 2.45) is 0 Å². The quantitative estimate of drug-likeness (QED) is 0.903. The zero-order valence-corrected chi connectivity index (χ0v) is 12.8. The van der Waals surface area contributed by atoms with E-state index in [0.717, 1.165) is 0 Å². The lowest BCUT2D eigenvalue weighted by molar-refractivity contribution is 0.369. The van der Waals surface area contributed by atoms with Gasteiger partial charge in [0.25, 0.3) is 5.56 Å². The Labute approximate surface area is 124 Å². The molecule has 0 bridgehead atoms. The van der Waals surface area contributed by atoms with E-state index in [-0.39, 0.29) is 17.5 Å². The van der Waals surface area contributed by atoms with E-state index >= 15 is 0 Å². The number of nitrogens with zero attached hydrogens (tertiary/aromatic N) is 1. The summed E-state index contributed by atoms with van der Waals surface area (Å²) in [6.45, 7) is 3.71. The summed E-state index contributed by atoms with van der Waals surface area (Å²) >= 11 is 3.35. The Kier molecular flexibility index (Phi) is 4.13. The number of hydrogen-bond acceptors (Lipinski definition) is 3. The second-order valence-electron chi connectivity index (χ2n) is 4.57. The minimum absolute atomic E-state index is 0.0948. The summed E-state index contributed by atoms with van der Waals surface area (Å²) in [6.07, 6.45) is 0.662. The average Bonchev–Trinajstić information content (AvgIpc) is 2.40. The van der Waals surface area contributed by atoms with Crippen molar-refractivity contribution in [2.75, 3.05) is 0 Å². The summed E-state index contributed by atoms with van der Waals surface area (Å²) in [5.74, 6) is -0.306. The van der Waals surface area contributed by atoms with Crippen LogP contribution in [0.1, 0.15) is 26.3 Å². The van der Waals surface area contributed by atoms with Crippen molar-refractivity contribution in [3.8, 4) is 17.0 Å². The van der Waals surface area contributed by atoms with E-state index < -0.39 is 11.2 Å². The number of benzene rings is 1. The summed E-state index contributed by atoms with van der Waals surface area (Å²) in [5.41, 5.74) is -0.558. The number of aromatic amines is 1. The molecule has 0 aliphatic rings. The summed E-state index contributed by atoms with van der Waals surface area (Å²) in [5, 5.41) is 10.4. The third-order valence-electron chi connectivity index (χ3n) is 3.29. The first kappa shape index (κ1) is 14.6. The molecular formula is C14H15BrN2O3. The maximum absolute atomic E-state index is 12.0. The van der Waals surface area contributed by atoms with Crippen LogP contribution in [0.15, 0.2) is 38.3 Å². The average molecular weight is 339 g/mol. The maximum Gasteiger partial charge on any atom is 0.331 e. The Morgan fingerprint density at radius 2 is 2.00 bits per heavy atom. The number of nitrogens with one attached hydrogen (secondary N) is 1. The van der Waals surface area contributed by atoms with Crippen LogP contribution in [-0.2, 0) is 0 Å². The molecule has 2 aromatic rings. The second-order valence-corrected chi connectivity index (χ2v) is 5.42. The fraction of sp³-hybridized carbons (Fsp3) is 0.286. The molecule has 1 heterocycles. The lowest BCUT2D eigenvalue weighted by Crippen LogP contribution is -2.32. The van der Waals surface area contributed by atoms with Gasteiger partial charge in [-0.2, -0.15) is 0 Å². The van der Waals surface area contributed by atoms with Crippen LogP contribution in [0.3, 0.4) is 0 Å². The van der Waals surface area contributed by atoms with Crippen molar-refractivity contribution in [3.63, 3.8) is 0 Å². The smallest absolute Gasteiger partial charge is 0.331 e. The Hall–Kier alpha value is -1.82. The van der Waals surface area contributed by atoms with Crippen LogP contribution < -0.4 is 11.2 Å². The summed E-state index contributed by atoms with van der Waals surface area (Å²) in [7, 11) is 0.